The number of fused-ring (bicyclic) bond motifs is 1. The molecule has 3 rings (SSSR count). The minimum absolute atomic E-state index is 0.0659. The van der Waals surface area contributed by atoms with E-state index in [1.165, 1.54) is 11.3 Å². The molecule has 2 heterocycles. The van der Waals surface area contributed by atoms with Gasteiger partial charge in [-0.15, -0.1) is 11.3 Å². The lowest BCUT2D eigenvalue weighted by molar-refractivity contribution is 0.00932. The molecule has 2 aromatic rings. The Kier molecular flexibility index (Phi) is 5.07. The van der Waals surface area contributed by atoms with Gasteiger partial charge < -0.3 is 10.5 Å². The number of hydrogen-bond donors (Lipinski definition) is 1. The minimum Gasteiger partial charge on any atom is -0.485 e. The molecule has 1 aromatic carbocycles. The smallest absolute Gasteiger partial charge is 0.203 e. The molecule has 1 aromatic heterocycles. The van der Waals surface area contributed by atoms with Crippen LogP contribution in [0.4, 0.5) is 0 Å². The summed E-state index contributed by atoms with van der Waals surface area (Å²) in [5.74, 6) is 0.900. The minimum atomic E-state index is -0.304. The van der Waals surface area contributed by atoms with E-state index in [1.807, 2.05) is 35.7 Å². The molecule has 24 heavy (non-hydrogen) atoms. The molecular formula is C20H25NO2S. The van der Waals surface area contributed by atoms with Crippen molar-refractivity contribution >= 4 is 17.1 Å². The van der Waals surface area contributed by atoms with E-state index in [-0.39, 0.29) is 17.4 Å². The molecule has 1 unspecified atom stereocenters. The summed E-state index contributed by atoms with van der Waals surface area (Å²) in [4.78, 5) is 13.6. The third-order valence-corrected chi connectivity index (χ3v) is 5.75. The van der Waals surface area contributed by atoms with Crippen molar-refractivity contribution in [2.24, 2.45) is 5.73 Å². The standard InChI is InChI=1S/C20H25NO2S/c1-3-10-20(11-4-2)18(21)13-15-14(7-5-8-16(15)23-20)19(22)17-9-6-12-24-17/h5-9,12,18H,3-4,10-11,13,21H2,1-2H3. The molecule has 0 amide bonds. The second kappa shape index (κ2) is 7.08. The van der Waals surface area contributed by atoms with Gasteiger partial charge >= 0.3 is 0 Å². The van der Waals surface area contributed by atoms with E-state index in [2.05, 4.69) is 13.8 Å². The van der Waals surface area contributed by atoms with E-state index in [9.17, 15) is 4.79 Å². The maximum absolute atomic E-state index is 12.8. The summed E-state index contributed by atoms with van der Waals surface area (Å²) in [6.45, 7) is 4.33. The van der Waals surface area contributed by atoms with Crippen molar-refractivity contribution in [3.63, 3.8) is 0 Å². The Hall–Kier alpha value is -1.65. The van der Waals surface area contributed by atoms with E-state index in [0.717, 1.165) is 47.4 Å². The van der Waals surface area contributed by atoms with Crippen LogP contribution >= 0.6 is 11.3 Å². The molecule has 0 saturated heterocycles. The zero-order valence-corrected chi connectivity index (χ0v) is 15.2. The average Bonchev–Trinajstić information content (AvgIpc) is 3.10. The van der Waals surface area contributed by atoms with Crippen molar-refractivity contribution in [3.8, 4) is 5.75 Å². The van der Waals surface area contributed by atoms with E-state index in [0.29, 0.717) is 6.42 Å². The third-order valence-electron chi connectivity index (χ3n) is 4.88. The molecule has 0 fully saturated rings. The predicted octanol–water partition coefficient (Wildman–Crippen LogP) is 4.58. The molecule has 2 N–H and O–H groups in total. The maximum atomic E-state index is 12.8. The Morgan fingerprint density at radius 1 is 1.25 bits per heavy atom. The fourth-order valence-corrected chi connectivity index (χ4v) is 4.45. The number of rotatable bonds is 6. The molecule has 0 saturated carbocycles. The summed E-state index contributed by atoms with van der Waals surface area (Å²) in [7, 11) is 0. The monoisotopic (exact) mass is 343 g/mol. The van der Waals surface area contributed by atoms with Crippen molar-refractivity contribution in [3.05, 3.63) is 51.7 Å². The van der Waals surface area contributed by atoms with Crippen molar-refractivity contribution in [2.75, 3.05) is 0 Å². The van der Waals surface area contributed by atoms with Crippen LogP contribution in [0.1, 0.15) is 60.3 Å². The topological polar surface area (TPSA) is 52.3 Å². The number of hydrogen-bond acceptors (Lipinski definition) is 4. The summed E-state index contributed by atoms with van der Waals surface area (Å²) in [5.41, 5.74) is 7.94. The van der Waals surface area contributed by atoms with Crippen molar-refractivity contribution in [2.45, 2.75) is 57.6 Å². The second-order valence-corrected chi connectivity index (χ2v) is 7.51. The van der Waals surface area contributed by atoms with Crippen LogP contribution in [0.2, 0.25) is 0 Å². The number of ketones is 1. The first kappa shape index (κ1) is 17.2. The fourth-order valence-electron chi connectivity index (χ4n) is 3.77. The van der Waals surface area contributed by atoms with Crippen LogP contribution in [-0.2, 0) is 6.42 Å². The Labute approximate surface area is 147 Å². The largest absolute Gasteiger partial charge is 0.485 e. The summed E-state index contributed by atoms with van der Waals surface area (Å²) >= 11 is 1.47. The Balaban J connectivity index is 1.99. The zero-order chi connectivity index (χ0) is 17.2. The van der Waals surface area contributed by atoms with E-state index in [1.54, 1.807) is 0 Å². The van der Waals surface area contributed by atoms with Gasteiger partial charge in [0.15, 0.2) is 0 Å². The first-order valence-corrected chi connectivity index (χ1v) is 9.64. The van der Waals surface area contributed by atoms with Gasteiger partial charge in [-0.3, -0.25) is 4.79 Å². The number of carbonyl (C=O) groups is 1. The molecule has 3 nitrogen and oxygen atoms in total. The molecule has 0 aliphatic carbocycles. The maximum Gasteiger partial charge on any atom is 0.203 e. The first-order chi connectivity index (χ1) is 11.6. The molecule has 0 radical (unpaired) electrons. The lowest BCUT2D eigenvalue weighted by atomic mass is 9.79. The molecule has 1 aliphatic rings. The van der Waals surface area contributed by atoms with Gasteiger partial charge in [-0.05, 0) is 36.8 Å². The van der Waals surface area contributed by atoms with E-state index in [4.69, 9.17) is 10.5 Å². The van der Waals surface area contributed by atoms with Crippen molar-refractivity contribution < 1.29 is 9.53 Å². The quantitative estimate of drug-likeness (QED) is 0.781. The summed E-state index contributed by atoms with van der Waals surface area (Å²) in [5, 5.41) is 1.93. The van der Waals surface area contributed by atoms with Crippen molar-refractivity contribution in [1.82, 2.24) is 0 Å². The Morgan fingerprint density at radius 2 is 2.00 bits per heavy atom. The highest BCUT2D eigenvalue weighted by Gasteiger charge is 2.42. The molecule has 1 atom stereocenters. The third kappa shape index (κ3) is 3.01. The molecule has 0 bridgehead atoms. The predicted molar refractivity (Wildman–Crippen MR) is 99.0 cm³/mol. The van der Waals surface area contributed by atoms with Crippen LogP contribution in [0.25, 0.3) is 0 Å². The fraction of sp³-hybridized carbons (Fsp3) is 0.450. The van der Waals surface area contributed by atoms with Crippen LogP contribution in [-0.4, -0.2) is 17.4 Å². The highest BCUT2D eigenvalue weighted by atomic mass is 32.1. The first-order valence-electron chi connectivity index (χ1n) is 8.76. The van der Waals surface area contributed by atoms with Gasteiger partial charge in [0, 0.05) is 17.2 Å². The van der Waals surface area contributed by atoms with E-state index >= 15 is 0 Å². The van der Waals surface area contributed by atoms with Gasteiger partial charge in [-0.1, -0.05) is 44.9 Å². The Bertz CT molecular complexity index is 702. The number of thiophene rings is 1. The second-order valence-electron chi connectivity index (χ2n) is 6.57. The summed E-state index contributed by atoms with van der Waals surface area (Å²) in [6, 6.07) is 9.48. The highest BCUT2D eigenvalue weighted by Crippen LogP contribution is 2.40. The summed E-state index contributed by atoms with van der Waals surface area (Å²) < 4.78 is 6.45. The van der Waals surface area contributed by atoms with Crippen LogP contribution in [0.3, 0.4) is 0 Å². The van der Waals surface area contributed by atoms with Gasteiger partial charge in [0.05, 0.1) is 4.88 Å². The highest BCUT2D eigenvalue weighted by molar-refractivity contribution is 7.12. The lowest BCUT2D eigenvalue weighted by Gasteiger charge is -2.44. The molecule has 4 heteroatoms. The number of nitrogens with two attached hydrogens (primary N) is 1. The van der Waals surface area contributed by atoms with Gasteiger partial charge in [0.1, 0.15) is 11.4 Å². The van der Waals surface area contributed by atoms with E-state index < -0.39 is 0 Å². The lowest BCUT2D eigenvalue weighted by Crippen LogP contribution is -2.56. The number of carbonyl (C=O) groups excluding carboxylic acids is 1. The Morgan fingerprint density at radius 3 is 2.62 bits per heavy atom. The molecule has 0 spiro atoms. The van der Waals surface area contributed by atoms with Crippen LogP contribution < -0.4 is 10.5 Å². The van der Waals surface area contributed by atoms with Crippen molar-refractivity contribution in [1.29, 1.82) is 0 Å². The molecular weight excluding hydrogens is 318 g/mol. The van der Waals surface area contributed by atoms with Gasteiger partial charge in [0.2, 0.25) is 5.78 Å². The number of benzene rings is 1. The normalized spacial score (nSPS) is 18.7. The number of ether oxygens (including phenoxy) is 1. The molecule has 1 aliphatic heterocycles. The molecule has 128 valence electrons. The van der Waals surface area contributed by atoms with Gasteiger partial charge in [0.25, 0.3) is 0 Å². The SMILES string of the molecule is CCCC1(CCC)Oc2cccc(C(=O)c3cccs3)c2CC1N. The van der Waals surface area contributed by atoms with Gasteiger partial charge in [-0.2, -0.15) is 0 Å². The summed E-state index contributed by atoms with van der Waals surface area (Å²) in [6.07, 6.45) is 4.67. The van der Waals surface area contributed by atoms with Crippen LogP contribution in [0, 0.1) is 0 Å². The van der Waals surface area contributed by atoms with Gasteiger partial charge in [-0.25, -0.2) is 0 Å². The zero-order valence-electron chi connectivity index (χ0n) is 14.4. The van der Waals surface area contributed by atoms with Crippen LogP contribution in [0.15, 0.2) is 35.7 Å². The van der Waals surface area contributed by atoms with Crippen LogP contribution in [0.5, 0.6) is 5.75 Å². The average molecular weight is 343 g/mol.